The average molecular weight is 427 g/mol. The van der Waals surface area contributed by atoms with Crippen molar-refractivity contribution in [1.82, 2.24) is 4.90 Å². The van der Waals surface area contributed by atoms with E-state index in [-0.39, 0.29) is 11.8 Å². The summed E-state index contributed by atoms with van der Waals surface area (Å²) < 4.78 is 5.55. The molecule has 3 aromatic rings. The Morgan fingerprint density at radius 3 is 2.28 bits per heavy atom. The van der Waals surface area contributed by atoms with Gasteiger partial charge in [0.05, 0.1) is 18.4 Å². The lowest BCUT2D eigenvalue weighted by Gasteiger charge is -2.25. The third-order valence-corrected chi connectivity index (χ3v) is 5.61. The molecule has 1 aliphatic rings. The molecule has 1 aliphatic heterocycles. The predicted molar refractivity (Wildman–Crippen MR) is 126 cm³/mol. The highest BCUT2D eigenvalue weighted by Crippen LogP contribution is 2.38. The van der Waals surface area contributed by atoms with Crippen molar-refractivity contribution in [3.05, 3.63) is 101 Å². The van der Waals surface area contributed by atoms with Gasteiger partial charge in [-0.2, -0.15) is 0 Å². The molecule has 5 heteroatoms. The molecule has 1 heterocycles. The van der Waals surface area contributed by atoms with Crippen molar-refractivity contribution < 1.29 is 14.3 Å². The Kier molecular flexibility index (Phi) is 6.08. The fraction of sp³-hybridized carbons (Fsp3) is 0.185. The lowest BCUT2D eigenvalue weighted by molar-refractivity contribution is -0.120. The lowest BCUT2D eigenvalue weighted by atomic mass is 10.0. The van der Waals surface area contributed by atoms with Crippen LogP contribution in [-0.4, -0.2) is 30.4 Å². The van der Waals surface area contributed by atoms with Gasteiger partial charge in [0.25, 0.3) is 11.8 Å². The third-order valence-electron chi connectivity index (χ3n) is 5.61. The second-order valence-corrected chi connectivity index (χ2v) is 7.71. The third kappa shape index (κ3) is 3.89. The molecular weight excluding hydrogens is 400 g/mol. The molecule has 0 aromatic heterocycles. The first-order chi connectivity index (χ1) is 15.5. The van der Waals surface area contributed by atoms with E-state index in [1.54, 1.807) is 19.2 Å². The van der Waals surface area contributed by atoms with E-state index in [4.69, 9.17) is 4.74 Å². The normalized spacial score (nSPS) is 13.7. The Bertz CT molecular complexity index is 1180. The molecule has 0 unspecified atom stereocenters. The molecule has 0 aliphatic carbocycles. The summed E-state index contributed by atoms with van der Waals surface area (Å²) in [6.07, 6.45) is 0. The first kappa shape index (κ1) is 21.4. The number of aryl methyl sites for hydroxylation is 1. The molecule has 0 N–H and O–H groups in total. The van der Waals surface area contributed by atoms with Crippen molar-refractivity contribution in [2.24, 2.45) is 0 Å². The number of likely N-dealkylation sites (N-methyl/N-ethyl adjacent to an activating group) is 1. The highest BCUT2D eigenvalue weighted by Gasteiger charge is 2.43. The van der Waals surface area contributed by atoms with Crippen molar-refractivity contribution in [2.75, 3.05) is 18.6 Å². The van der Waals surface area contributed by atoms with Crippen molar-refractivity contribution in [1.29, 1.82) is 0 Å². The number of carbonyl (C=O) groups excluding carboxylic acids is 2. The summed E-state index contributed by atoms with van der Waals surface area (Å²) in [5.41, 5.74) is 3.99. The summed E-state index contributed by atoms with van der Waals surface area (Å²) >= 11 is 0. The zero-order valence-corrected chi connectivity index (χ0v) is 18.5. The first-order valence-electron chi connectivity index (χ1n) is 10.7. The van der Waals surface area contributed by atoms with E-state index >= 15 is 0 Å². The molecule has 32 heavy (non-hydrogen) atoms. The van der Waals surface area contributed by atoms with Crippen LogP contribution in [-0.2, 0) is 16.1 Å². The molecule has 2 amide bonds. The molecular formula is C27H26N2O3. The first-order valence-corrected chi connectivity index (χ1v) is 10.7. The predicted octanol–water partition coefficient (Wildman–Crippen LogP) is 4.81. The molecule has 3 aromatic carbocycles. The van der Waals surface area contributed by atoms with Crippen LogP contribution in [0.2, 0.25) is 0 Å². The lowest BCUT2D eigenvalue weighted by Crippen LogP contribution is -2.35. The Hall–Kier alpha value is -3.86. The summed E-state index contributed by atoms with van der Waals surface area (Å²) in [5.74, 6) is -0.103. The van der Waals surface area contributed by atoms with Gasteiger partial charge >= 0.3 is 0 Å². The summed E-state index contributed by atoms with van der Waals surface area (Å²) in [6.45, 7) is 5.02. The van der Waals surface area contributed by atoms with E-state index in [0.717, 1.165) is 11.1 Å². The monoisotopic (exact) mass is 426 g/mol. The number of carbonyl (C=O) groups is 2. The maximum Gasteiger partial charge on any atom is 0.282 e. The van der Waals surface area contributed by atoms with Gasteiger partial charge in [0.1, 0.15) is 11.4 Å². The van der Waals surface area contributed by atoms with Crippen LogP contribution in [0.4, 0.5) is 5.69 Å². The zero-order valence-electron chi connectivity index (χ0n) is 18.5. The molecule has 0 atom stereocenters. The Labute approximate surface area is 188 Å². The summed E-state index contributed by atoms with van der Waals surface area (Å²) in [6, 6.07) is 24.7. The van der Waals surface area contributed by atoms with Gasteiger partial charge in [0.2, 0.25) is 0 Å². The number of hydrogen-bond acceptors (Lipinski definition) is 4. The van der Waals surface area contributed by atoms with Crippen LogP contribution in [0.15, 0.2) is 84.6 Å². The molecule has 0 fully saturated rings. The Morgan fingerprint density at radius 1 is 0.875 bits per heavy atom. The van der Waals surface area contributed by atoms with Crippen molar-refractivity contribution in [2.45, 2.75) is 20.4 Å². The quantitative estimate of drug-likeness (QED) is 0.509. The van der Waals surface area contributed by atoms with Crippen molar-refractivity contribution in [3.8, 4) is 5.75 Å². The van der Waals surface area contributed by atoms with Crippen LogP contribution in [0.25, 0.3) is 5.57 Å². The van der Waals surface area contributed by atoms with E-state index in [0.29, 0.717) is 41.4 Å². The van der Waals surface area contributed by atoms with E-state index in [1.165, 1.54) is 4.90 Å². The van der Waals surface area contributed by atoms with Gasteiger partial charge in [-0.25, -0.2) is 4.90 Å². The SMILES string of the molecule is CCN(Cc1ccccc1)C1=C(c2ccccc2OC)C(=O)N(c2cccc(C)c2)C1=O. The van der Waals surface area contributed by atoms with E-state index < -0.39 is 0 Å². The number of anilines is 1. The van der Waals surface area contributed by atoms with Crippen LogP contribution in [0.3, 0.4) is 0 Å². The molecule has 0 radical (unpaired) electrons. The number of hydrogen-bond donors (Lipinski definition) is 0. The minimum atomic E-state index is -0.341. The van der Waals surface area contributed by atoms with Crippen LogP contribution in [0.1, 0.15) is 23.6 Å². The summed E-state index contributed by atoms with van der Waals surface area (Å²) in [4.78, 5) is 30.8. The number of ether oxygens (including phenoxy) is 1. The molecule has 0 bridgehead atoms. The van der Waals surface area contributed by atoms with Gasteiger partial charge in [0, 0.05) is 18.7 Å². The number of amides is 2. The number of imide groups is 1. The maximum absolute atomic E-state index is 13.8. The van der Waals surface area contributed by atoms with E-state index in [2.05, 4.69) is 0 Å². The fourth-order valence-electron chi connectivity index (χ4n) is 4.06. The van der Waals surface area contributed by atoms with Gasteiger partial charge in [-0.15, -0.1) is 0 Å². The van der Waals surface area contributed by atoms with Gasteiger partial charge in [-0.05, 0) is 43.2 Å². The highest BCUT2D eigenvalue weighted by molar-refractivity contribution is 6.45. The van der Waals surface area contributed by atoms with Gasteiger partial charge < -0.3 is 9.64 Å². The standard InChI is InChI=1S/C27H26N2O3/c1-4-28(18-20-12-6-5-7-13-20)25-24(22-15-8-9-16-23(22)32-3)26(30)29(27(25)31)21-14-10-11-19(2)17-21/h5-17H,4,18H2,1-3H3. The Morgan fingerprint density at radius 2 is 1.59 bits per heavy atom. The molecule has 162 valence electrons. The van der Waals surface area contributed by atoms with Crippen LogP contribution in [0.5, 0.6) is 5.75 Å². The molecule has 5 nitrogen and oxygen atoms in total. The number of methoxy groups -OCH3 is 1. The number of rotatable bonds is 7. The van der Waals surface area contributed by atoms with Gasteiger partial charge in [0.15, 0.2) is 0 Å². The second-order valence-electron chi connectivity index (χ2n) is 7.71. The van der Waals surface area contributed by atoms with E-state index in [1.807, 2.05) is 85.5 Å². The summed E-state index contributed by atoms with van der Waals surface area (Å²) in [5, 5.41) is 0. The molecule has 0 spiro atoms. The second kappa shape index (κ2) is 9.10. The van der Waals surface area contributed by atoms with Crippen molar-refractivity contribution in [3.63, 3.8) is 0 Å². The maximum atomic E-state index is 13.8. The largest absolute Gasteiger partial charge is 0.496 e. The van der Waals surface area contributed by atoms with Crippen molar-refractivity contribution >= 4 is 23.1 Å². The van der Waals surface area contributed by atoms with Gasteiger partial charge in [-0.3, -0.25) is 9.59 Å². The van der Waals surface area contributed by atoms with Crippen LogP contribution < -0.4 is 9.64 Å². The number of para-hydroxylation sites is 1. The fourth-order valence-corrected chi connectivity index (χ4v) is 4.06. The van der Waals surface area contributed by atoms with Gasteiger partial charge in [-0.1, -0.05) is 60.7 Å². The molecule has 0 saturated heterocycles. The minimum Gasteiger partial charge on any atom is -0.496 e. The summed E-state index contributed by atoms with van der Waals surface area (Å²) in [7, 11) is 1.57. The Balaban J connectivity index is 1.88. The van der Waals surface area contributed by atoms with Crippen LogP contribution >= 0.6 is 0 Å². The average Bonchev–Trinajstić information content (AvgIpc) is 3.07. The molecule has 4 rings (SSSR count). The number of benzene rings is 3. The topological polar surface area (TPSA) is 49.9 Å². The zero-order chi connectivity index (χ0) is 22.7. The smallest absolute Gasteiger partial charge is 0.282 e. The van der Waals surface area contributed by atoms with Crippen LogP contribution in [0, 0.1) is 6.92 Å². The highest BCUT2D eigenvalue weighted by atomic mass is 16.5. The van der Waals surface area contributed by atoms with E-state index in [9.17, 15) is 9.59 Å². The minimum absolute atomic E-state index is 0.320. The molecule has 0 saturated carbocycles. The number of nitrogens with zero attached hydrogens (tertiary/aromatic N) is 2.